The number of carbonyl (C=O) groups is 1. The average Bonchev–Trinajstić information content (AvgIpc) is 1.92. The van der Waals surface area contributed by atoms with Crippen LogP contribution in [0.25, 0.3) is 0 Å². The molecule has 1 rings (SSSR count). The van der Waals surface area contributed by atoms with Crippen molar-refractivity contribution in [2.24, 2.45) is 0 Å². The van der Waals surface area contributed by atoms with Crippen LogP contribution in [0.4, 0.5) is 8.78 Å². The molecule has 1 aliphatic heterocycles. The predicted octanol–water partition coefficient (Wildman–Crippen LogP) is 0.358. The summed E-state index contributed by atoms with van der Waals surface area (Å²) >= 11 is 0. The number of halogens is 2. The zero-order valence-corrected chi connectivity index (χ0v) is 7.67. The van der Waals surface area contributed by atoms with Crippen molar-refractivity contribution in [1.82, 2.24) is 5.32 Å². The van der Waals surface area contributed by atoms with Crippen molar-refractivity contribution in [3.63, 3.8) is 0 Å². The van der Waals surface area contributed by atoms with Crippen molar-refractivity contribution < 1.29 is 18.3 Å². The minimum atomic E-state index is -2.98. The molecule has 70 valence electrons. The van der Waals surface area contributed by atoms with Gasteiger partial charge in [-0.3, -0.25) is 4.79 Å². The largest absolute Gasteiger partial charge is 0.357 e. The van der Waals surface area contributed by atoms with E-state index in [-0.39, 0.29) is 12.5 Å². The van der Waals surface area contributed by atoms with Crippen LogP contribution in [-0.4, -0.2) is 30.3 Å². The summed E-state index contributed by atoms with van der Waals surface area (Å²) in [6.45, 7) is 1.30. The van der Waals surface area contributed by atoms with Crippen LogP contribution in [0.3, 0.4) is 0 Å². The highest BCUT2D eigenvalue weighted by molar-refractivity contribution is 7.18. The summed E-state index contributed by atoms with van der Waals surface area (Å²) in [7, 11) is 1.40. The first-order chi connectivity index (χ1) is 5.41. The fraction of sp³-hybridized carbons (Fsp3) is 0.833. The summed E-state index contributed by atoms with van der Waals surface area (Å²) in [6.07, 6.45) is -2.04. The molecular weight excluding hydrogens is 187 g/mol. The lowest BCUT2D eigenvalue weighted by molar-refractivity contribution is -0.158. The smallest absolute Gasteiger partial charge is 0.286 e. The van der Waals surface area contributed by atoms with Gasteiger partial charge in [0.2, 0.25) is 5.91 Å². The Morgan fingerprint density at radius 3 is 2.75 bits per heavy atom. The fourth-order valence-electron chi connectivity index (χ4n) is 0.920. The fourth-order valence-corrected chi connectivity index (χ4v) is 1.12. The Morgan fingerprint density at radius 2 is 2.33 bits per heavy atom. The van der Waals surface area contributed by atoms with E-state index in [1.165, 1.54) is 16.2 Å². The summed E-state index contributed by atoms with van der Waals surface area (Å²) < 4.78 is 30.0. The van der Waals surface area contributed by atoms with Gasteiger partial charge in [0.05, 0.1) is 6.54 Å². The van der Waals surface area contributed by atoms with Gasteiger partial charge in [-0.2, -0.15) is 8.78 Å². The second kappa shape index (κ2) is 3.23. The van der Waals surface area contributed by atoms with E-state index in [2.05, 4.69) is 5.32 Å². The molecule has 0 spiro atoms. The molecule has 6 heteroatoms. The molecule has 1 heterocycles. The third kappa shape index (κ3) is 2.11. The van der Waals surface area contributed by atoms with Crippen LogP contribution in [0.15, 0.2) is 0 Å². The summed E-state index contributed by atoms with van der Waals surface area (Å²) in [4.78, 5) is 10.8. The molecule has 3 nitrogen and oxygen atoms in total. The Kier molecular flexibility index (Phi) is 2.64. The van der Waals surface area contributed by atoms with Crippen LogP contribution in [0, 0.1) is 0 Å². The zero-order chi connectivity index (χ0) is 9.35. The van der Waals surface area contributed by atoms with Crippen LogP contribution in [0.1, 0.15) is 6.92 Å². The van der Waals surface area contributed by atoms with Gasteiger partial charge in [0.15, 0.2) is 0 Å². The first kappa shape index (κ1) is 9.81. The van der Waals surface area contributed by atoms with Gasteiger partial charge < -0.3 is 10.1 Å². The van der Waals surface area contributed by atoms with E-state index in [9.17, 15) is 13.6 Å². The number of morpholine rings is 1. The minimum absolute atomic E-state index is 0.139. The molecule has 1 saturated heterocycles. The van der Waals surface area contributed by atoms with Gasteiger partial charge >= 0.3 is 0 Å². The maximum atomic E-state index is 12.6. The molecule has 0 saturated carbocycles. The van der Waals surface area contributed by atoms with Crippen molar-refractivity contribution in [3.8, 4) is 0 Å². The summed E-state index contributed by atoms with van der Waals surface area (Å²) in [5.74, 6) is -0.347. The number of rotatable bonds is 1. The SMILES string of the molecule is CC1OC(C(F)(F)P)CNC1=O. The second-order valence-corrected chi connectivity index (χ2v) is 3.46. The zero-order valence-electron chi connectivity index (χ0n) is 6.51. The third-order valence-electron chi connectivity index (χ3n) is 1.63. The molecule has 3 atom stereocenters. The van der Waals surface area contributed by atoms with Gasteiger partial charge in [-0.1, -0.05) is 9.24 Å². The molecule has 0 aromatic carbocycles. The molecule has 1 aliphatic rings. The van der Waals surface area contributed by atoms with Gasteiger partial charge in [0, 0.05) is 0 Å². The Bertz CT molecular complexity index is 194. The van der Waals surface area contributed by atoms with E-state index in [0.717, 1.165) is 0 Å². The maximum absolute atomic E-state index is 12.6. The summed E-state index contributed by atoms with van der Waals surface area (Å²) in [5.41, 5.74) is -2.98. The van der Waals surface area contributed by atoms with Crippen molar-refractivity contribution in [2.45, 2.75) is 24.8 Å². The van der Waals surface area contributed by atoms with E-state index in [4.69, 9.17) is 4.74 Å². The van der Waals surface area contributed by atoms with Crippen LogP contribution >= 0.6 is 9.24 Å². The van der Waals surface area contributed by atoms with Crippen molar-refractivity contribution in [3.05, 3.63) is 0 Å². The van der Waals surface area contributed by atoms with Crippen molar-refractivity contribution >= 4 is 15.1 Å². The van der Waals surface area contributed by atoms with Crippen LogP contribution < -0.4 is 5.32 Å². The molecular formula is C6H10F2NO2P. The normalized spacial score (nSPS) is 31.5. The first-order valence-electron chi connectivity index (χ1n) is 3.51. The molecule has 0 aliphatic carbocycles. The number of carbonyl (C=O) groups excluding carboxylic acids is 1. The standard InChI is InChI=1S/C6H10F2NO2P/c1-3-5(10)9-2-4(11-3)6(7,8)12/h3-4H,2,12H2,1H3,(H,9,10). The summed E-state index contributed by atoms with van der Waals surface area (Å²) in [6, 6.07) is 0. The van der Waals surface area contributed by atoms with Gasteiger partial charge in [-0.15, -0.1) is 0 Å². The number of amides is 1. The lowest BCUT2D eigenvalue weighted by atomic mass is 10.2. The second-order valence-electron chi connectivity index (χ2n) is 2.69. The maximum Gasteiger partial charge on any atom is 0.286 e. The Morgan fingerprint density at radius 1 is 1.75 bits per heavy atom. The van der Waals surface area contributed by atoms with Crippen LogP contribution in [0.2, 0.25) is 0 Å². The lowest BCUT2D eigenvalue weighted by Gasteiger charge is -2.31. The molecule has 0 aromatic rings. The molecule has 3 unspecified atom stereocenters. The topological polar surface area (TPSA) is 38.3 Å². The number of hydrogen-bond acceptors (Lipinski definition) is 2. The molecule has 1 fully saturated rings. The predicted molar refractivity (Wildman–Crippen MR) is 42.0 cm³/mol. The molecule has 1 N–H and O–H groups in total. The van der Waals surface area contributed by atoms with Crippen molar-refractivity contribution in [1.29, 1.82) is 0 Å². The van der Waals surface area contributed by atoms with E-state index in [1.54, 1.807) is 0 Å². The van der Waals surface area contributed by atoms with Gasteiger partial charge in [0.25, 0.3) is 5.66 Å². The molecule has 1 amide bonds. The van der Waals surface area contributed by atoms with E-state index in [0.29, 0.717) is 0 Å². The third-order valence-corrected chi connectivity index (χ3v) is 2.00. The van der Waals surface area contributed by atoms with Crippen molar-refractivity contribution in [2.75, 3.05) is 6.54 Å². The van der Waals surface area contributed by atoms with E-state index in [1.807, 2.05) is 0 Å². The molecule has 0 bridgehead atoms. The molecule has 12 heavy (non-hydrogen) atoms. The van der Waals surface area contributed by atoms with Crippen LogP contribution in [-0.2, 0) is 9.53 Å². The molecule has 0 radical (unpaired) electrons. The molecule has 0 aromatic heterocycles. The minimum Gasteiger partial charge on any atom is -0.357 e. The Hall–Kier alpha value is -0.280. The van der Waals surface area contributed by atoms with Gasteiger partial charge in [-0.25, -0.2) is 0 Å². The van der Waals surface area contributed by atoms with Gasteiger partial charge in [-0.05, 0) is 6.92 Å². The summed E-state index contributed by atoms with van der Waals surface area (Å²) in [5, 5.41) is 2.33. The number of hydrogen-bond donors (Lipinski definition) is 1. The Labute approximate surface area is 71.0 Å². The Balaban J connectivity index is 2.57. The highest BCUT2D eigenvalue weighted by Crippen LogP contribution is 2.30. The number of nitrogens with one attached hydrogen (secondary N) is 1. The number of alkyl halides is 2. The van der Waals surface area contributed by atoms with E-state index >= 15 is 0 Å². The highest BCUT2D eigenvalue weighted by Gasteiger charge is 2.40. The van der Waals surface area contributed by atoms with Gasteiger partial charge in [0.1, 0.15) is 12.2 Å². The quantitative estimate of drug-likeness (QED) is 0.616. The first-order valence-corrected chi connectivity index (χ1v) is 4.09. The highest BCUT2D eigenvalue weighted by atomic mass is 31.0. The van der Waals surface area contributed by atoms with E-state index < -0.39 is 17.9 Å². The average molecular weight is 197 g/mol. The number of ether oxygens (including phenoxy) is 1. The monoisotopic (exact) mass is 197 g/mol. The van der Waals surface area contributed by atoms with Crippen LogP contribution in [0.5, 0.6) is 0 Å². The lowest BCUT2D eigenvalue weighted by Crippen LogP contribution is -2.52.